The van der Waals surface area contributed by atoms with Gasteiger partial charge in [0.15, 0.2) is 6.29 Å². The van der Waals surface area contributed by atoms with Crippen LogP contribution in [0.4, 0.5) is 0 Å². The molecular formula is C41H77NO8. The van der Waals surface area contributed by atoms with Crippen molar-refractivity contribution in [2.45, 2.75) is 217 Å². The number of allylic oxidation sites excluding steroid dienone is 3. The first-order valence-electron chi connectivity index (χ1n) is 20.6. The van der Waals surface area contributed by atoms with Gasteiger partial charge in [-0.25, -0.2) is 0 Å². The zero-order valence-corrected chi connectivity index (χ0v) is 31.9. The highest BCUT2D eigenvalue weighted by atomic mass is 16.7. The van der Waals surface area contributed by atoms with Gasteiger partial charge in [-0.1, -0.05) is 147 Å². The van der Waals surface area contributed by atoms with Crippen LogP contribution in [0.1, 0.15) is 174 Å². The molecule has 0 bridgehead atoms. The third-order valence-electron chi connectivity index (χ3n) is 9.77. The van der Waals surface area contributed by atoms with E-state index in [0.717, 1.165) is 57.8 Å². The number of ether oxygens (including phenoxy) is 2. The van der Waals surface area contributed by atoms with Gasteiger partial charge >= 0.3 is 0 Å². The number of hydrogen-bond acceptors (Lipinski definition) is 8. The minimum absolute atomic E-state index is 0.189. The Bertz CT molecular complexity index is 837. The first-order chi connectivity index (χ1) is 24.3. The number of carbonyl (C=O) groups is 1. The number of hydrogen-bond donors (Lipinski definition) is 6. The lowest BCUT2D eigenvalue weighted by atomic mass is 9.99. The van der Waals surface area contributed by atoms with Crippen molar-refractivity contribution in [1.82, 2.24) is 5.32 Å². The number of rotatable bonds is 33. The standard InChI is InChI=1S/C41H77NO8/c1-3-5-7-9-11-13-14-15-16-17-18-19-20-21-23-25-27-29-31-37(45)42-34(35(44)30-28-26-24-22-12-10-8-6-4-2)33-49-41-40(48)39(47)38(46)36(32-43)50-41/h18-19,28,30,34-36,38-41,43-44,46-48H,3-17,20-27,29,31-33H2,1-2H3,(H,42,45)/b19-18-,30-28+. The van der Waals surface area contributed by atoms with E-state index < -0.39 is 49.5 Å². The third kappa shape index (κ3) is 23.3. The molecular weight excluding hydrogens is 634 g/mol. The Morgan fingerprint density at radius 3 is 1.62 bits per heavy atom. The van der Waals surface area contributed by atoms with Crippen molar-refractivity contribution < 1.29 is 39.8 Å². The van der Waals surface area contributed by atoms with Crippen molar-refractivity contribution in [1.29, 1.82) is 0 Å². The highest BCUT2D eigenvalue weighted by molar-refractivity contribution is 5.76. The van der Waals surface area contributed by atoms with E-state index in [9.17, 15) is 30.3 Å². The first-order valence-corrected chi connectivity index (χ1v) is 20.6. The number of unbranched alkanes of at least 4 members (excludes halogenated alkanes) is 21. The molecule has 7 atom stereocenters. The molecule has 7 unspecified atom stereocenters. The zero-order valence-electron chi connectivity index (χ0n) is 31.9. The molecule has 0 aromatic rings. The van der Waals surface area contributed by atoms with Crippen LogP contribution in [0.2, 0.25) is 0 Å². The van der Waals surface area contributed by atoms with Gasteiger partial charge in [0.25, 0.3) is 0 Å². The van der Waals surface area contributed by atoms with E-state index in [-0.39, 0.29) is 12.5 Å². The predicted molar refractivity (Wildman–Crippen MR) is 203 cm³/mol. The van der Waals surface area contributed by atoms with E-state index in [2.05, 4.69) is 31.3 Å². The van der Waals surface area contributed by atoms with Crippen LogP contribution >= 0.6 is 0 Å². The summed E-state index contributed by atoms with van der Waals surface area (Å²) in [5.41, 5.74) is 0. The molecule has 1 saturated heterocycles. The molecule has 9 heteroatoms. The smallest absolute Gasteiger partial charge is 0.220 e. The van der Waals surface area contributed by atoms with Crippen molar-refractivity contribution in [2.24, 2.45) is 0 Å². The van der Waals surface area contributed by atoms with Crippen molar-refractivity contribution in [3.63, 3.8) is 0 Å². The minimum Gasteiger partial charge on any atom is -0.394 e. The SMILES string of the molecule is CCCCCCCCC/C=C/C(O)C(COC1OC(CO)C(O)C(O)C1O)NC(=O)CCCCCCC/C=C\CCCCCCCCCCC. The summed E-state index contributed by atoms with van der Waals surface area (Å²) in [6, 6.07) is -0.803. The summed E-state index contributed by atoms with van der Waals surface area (Å²) >= 11 is 0. The molecule has 0 aromatic heterocycles. The molecule has 1 aliphatic heterocycles. The molecule has 6 N–H and O–H groups in total. The average molecular weight is 712 g/mol. The number of aliphatic hydroxyl groups excluding tert-OH is 5. The molecule has 0 saturated carbocycles. The summed E-state index contributed by atoms with van der Waals surface area (Å²) in [6.45, 7) is 3.72. The van der Waals surface area contributed by atoms with Gasteiger partial charge in [0.1, 0.15) is 24.4 Å². The maximum Gasteiger partial charge on any atom is 0.220 e. The van der Waals surface area contributed by atoms with E-state index in [4.69, 9.17) is 9.47 Å². The third-order valence-corrected chi connectivity index (χ3v) is 9.77. The fourth-order valence-corrected chi connectivity index (χ4v) is 6.38. The lowest BCUT2D eigenvalue weighted by Gasteiger charge is -2.40. The average Bonchev–Trinajstić information content (AvgIpc) is 3.11. The molecule has 1 heterocycles. The van der Waals surface area contributed by atoms with Crippen molar-refractivity contribution in [3.05, 3.63) is 24.3 Å². The summed E-state index contributed by atoms with van der Waals surface area (Å²) in [7, 11) is 0. The van der Waals surface area contributed by atoms with Crippen molar-refractivity contribution in [2.75, 3.05) is 13.2 Å². The Balaban J connectivity index is 2.36. The van der Waals surface area contributed by atoms with Gasteiger partial charge in [-0.15, -0.1) is 0 Å². The molecule has 0 spiro atoms. The highest BCUT2D eigenvalue weighted by Crippen LogP contribution is 2.22. The van der Waals surface area contributed by atoms with Crippen molar-refractivity contribution >= 4 is 5.91 Å². The second-order valence-electron chi connectivity index (χ2n) is 14.4. The molecule has 0 radical (unpaired) electrons. The van der Waals surface area contributed by atoms with Gasteiger partial charge in [-0.3, -0.25) is 4.79 Å². The van der Waals surface area contributed by atoms with E-state index in [0.29, 0.717) is 6.42 Å². The molecule has 294 valence electrons. The number of aliphatic hydroxyl groups is 5. The Labute approximate surface area is 305 Å². The molecule has 0 aliphatic carbocycles. The fourth-order valence-electron chi connectivity index (χ4n) is 6.38. The summed E-state index contributed by atoms with van der Waals surface area (Å²) < 4.78 is 11.1. The lowest BCUT2D eigenvalue weighted by Crippen LogP contribution is -2.60. The maximum absolute atomic E-state index is 12.9. The van der Waals surface area contributed by atoms with Crippen LogP contribution in [0, 0.1) is 0 Å². The normalized spacial score (nSPS) is 22.4. The van der Waals surface area contributed by atoms with Gasteiger partial charge in [-0.05, 0) is 44.9 Å². The van der Waals surface area contributed by atoms with Gasteiger partial charge in [-0.2, -0.15) is 0 Å². The largest absolute Gasteiger partial charge is 0.394 e. The number of nitrogens with one attached hydrogen (secondary N) is 1. The Morgan fingerprint density at radius 1 is 0.660 bits per heavy atom. The number of carbonyl (C=O) groups excluding carboxylic acids is 1. The Hall–Kier alpha value is -1.33. The molecule has 1 fully saturated rings. The Kier molecular flexibility index (Phi) is 30.2. The topological polar surface area (TPSA) is 149 Å². The van der Waals surface area contributed by atoms with E-state index in [1.54, 1.807) is 6.08 Å². The lowest BCUT2D eigenvalue weighted by molar-refractivity contribution is -0.302. The second kappa shape index (κ2) is 32.3. The van der Waals surface area contributed by atoms with E-state index in [1.165, 1.54) is 96.3 Å². The van der Waals surface area contributed by atoms with Crippen LogP contribution in [0.3, 0.4) is 0 Å². The fraction of sp³-hybridized carbons (Fsp3) is 0.878. The van der Waals surface area contributed by atoms with Gasteiger partial charge in [0.05, 0.1) is 25.4 Å². The van der Waals surface area contributed by atoms with E-state index >= 15 is 0 Å². The monoisotopic (exact) mass is 712 g/mol. The number of amides is 1. The van der Waals surface area contributed by atoms with Crippen LogP contribution < -0.4 is 5.32 Å². The van der Waals surface area contributed by atoms with Crippen LogP contribution in [-0.2, 0) is 14.3 Å². The van der Waals surface area contributed by atoms with Crippen LogP contribution in [-0.4, -0.2) is 87.5 Å². The Morgan fingerprint density at radius 2 is 1.12 bits per heavy atom. The zero-order chi connectivity index (χ0) is 36.7. The molecule has 1 rings (SSSR count). The summed E-state index contributed by atoms with van der Waals surface area (Å²) in [5.74, 6) is -0.189. The van der Waals surface area contributed by atoms with E-state index in [1.807, 2.05) is 6.08 Å². The summed E-state index contributed by atoms with van der Waals surface area (Å²) in [6.07, 6.45) is 29.4. The van der Waals surface area contributed by atoms with Gasteiger partial charge in [0, 0.05) is 6.42 Å². The van der Waals surface area contributed by atoms with Gasteiger partial charge < -0.3 is 40.3 Å². The summed E-state index contributed by atoms with van der Waals surface area (Å²) in [4.78, 5) is 12.9. The highest BCUT2D eigenvalue weighted by Gasteiger charge is 2.44. The minimum atomic E-state index is -1.56. The summed E-state index contributed by atoms with van der Waals surface area (Å²) in [5, 5.41) is 53.8. The molecule has 1 aliphatic rings. The maximum atomic E-state index is 12.9. The second-order valence-corrected chi connectivity index (χ2v) is 14.4. The molecule has 0 aromatic carbocycles. The van der Waals surface area contributed by atoms with Gasteiger partial charge in [0.2, 0.25) is 5.91 Å². The van der Waals surface area contributed by atoms with Crippen LogP contribution in [0.25, 0.3) is 0 Å². The van der Waals surface area contributed by atoms with Crippen molar-refractivity contribution in [3.8, 4) is 0 Å². The molecule has 1 amide bonds. The van der Waals surface area contributed by atoms with Crippen LogP contribution in [0.15, 0.2) is 24.3 Å². The first kappa shape index (κ1) is 46.7. The predicted octanol–water partition coefficient (Wildman–Crippen LogP) is 7.55. The molecule has 9 nitrogen and oxygen atoms in total. The molecule has 50 heavy (non-hydrogen) atoms. The van der Waals surface area contributed by atoms with Crippen LogP contribution in [0.5, 0.6) is 0 Å². The quantitative estimate of drug-likeness (QED) is 0.0302.